The van der Waals surface area contributed by atoms with Crippen LogP contribution >= 0.6 is 0 Å². The summed E-state index contributed by atoms with van der Waals surface area (Å²) in [5.74, 6) is 0. The van der Waals surface area contributed by atoms with Gasteiger partial charge in [-0.25, -0.2) is 0 Å². The highest BCUT2D eigenvalue weighted by Gasteiger charge is 2.35. The number of benzene rings is 2. The lowest BCUT2D eigenvalue weighted by molar-refractivity contribution is -0.137. The highest BCUT2D eigenvalue weighted by Crippen LogP contribution is 2.40. The fourth-order valence-electron chi connectivity index (χ4n) is 3.45. The minimum absolute atomic E-state index is 0.00298. The summed E-state index contributed by atoms with van der Waals surface area (Å²) >= 11 is 0. The van der Waals surface area contributed by atoms with E-state index in [1.165, 1.54) is 11.6 Å². The number of halogens is 3. The van der Waals surface area contributed by atoms with Crippen molar-refractivity contribution in [1.29, 1.82) is 5.26 Å². The molecule has 25 heavy (non-hydrogen) atoms. The normalized spacial score (nSPS) is 16.2. The number of nitriles is 1. The van der Waals surface area contributed by atoms with Gasteiger partial charge in [0.25, 0.3) is 0 Å². The summed E-state index contributed by atoms with van der Waals surface area (Å²) in [6.07, 6.45) is -1.13. The van der Waals surface area contributed by atoms with E-state index >= 15 is 0 Å². The van der Waals surface area contributed by atoms with Crippen molar-refractivity contribution in [3.8, 4) is 6.07 Å². The van der Waals surface area contributed by atoms with Crippen LogP contribution in [0.25, 0.3) is 0 Å². The van der Waals surface area contributed by atoms with Crippen LogP contribution in [0.4, 0.5) is 18.9 Å². The monoisotopic (exact) mass is 342 g/mol. The van der Waals surface area contributed by atoms with Gasteiger partial charge in [0.15, 0.2) is 0 Å². The fraction of sp³-hybridized carbons (Fsp3) is 0.250. The van der Waals surface area contributed by atoms with E-state index in [1.807, 2.05) is 23.1 Å². The van der Waals surface area contributed by atoms with E-state index in [0.29, 0.717) is 12.2 Å². The zero-order chi connectivity index (χ0) is 18.0. The van der Waals surface area contributed by atoms with E-state index in [2.05, 4.69) is 12.6 Å². The first-order valence-corrected chi connectivity index (χ1v) is 8.02. The van der Waals surface area contributed by atoms with Crippen molar-refractivity contribution in [2.75, 3.05) is 11.4 Å². The van der Waals surface area contributed by atoms with Crippen molar-refractivity contribution >= 4 is 5.69 Å². The lowest BCUT2D eigenvalue weighted by Crippen LogP contribution is -2.28. The Hall–Kier alpha value is -2.74. The van der Waals surface area contributed by atoms with Crippen LogP contribution in [0, 0.1) is 11.3 Å². The Morgan fingerprint density at radius 2 is 2.00 bits per heavy atom. The molecule has 2 nitrogen and oxygen atoms in total. The van der Waals surface area contributed by atoms with Gasteiger partial charge >= 0.3 is 6.18 Å². The summed E-state index contributed by atoms with van der Waals surface area (Å²) in [6, 6.07) is 13.5. The van der Waals surface area contributed by atoms with Gasteiger partial charge in [-0.2, -0.15) is 18.4 Å². The van der Waals surface area contributed by atoms with E-state index in [1.54, 1.807) is 18.2 Å². The molecule has 0 saturated carbocycles. The third kappa shape index (κ3) is 3.25. The Kier molecular flexibility index (Phi) is 4.54. The molecule has 0 bridgehead atoms. The van der Waals surface area contributed by atoms with Gasteiger partial charge in [0.2, 0.25) is 0 Å². The second-order valence-electron chi connectivity index (χ2n) is 6.03. The van der Waals surface area contributed by atoms with Crippen LogP contribution in [0.2, 0.25) is 0 Å². The first kappa shape index (κ1) is 17.1. The van der Waals surface area contributed by atoms with Gasteiger partial charge < -0.3 is 4.90 Å². The van der Waals surface area contributed by atoms with Crippen molar-refractivity contribution in [2.45, 2.75) is 25.1 Å². The molecule has 128 valence electrons. The quantitative estimate of drug-likeness (QED) is 0.709. The van der Waals surface area contributed by atoms with Crippen LogP contribution in [-0.2, 0) is 12.6 Å². The third-order valence-corrected chi connectivity index (χ3v) is 4.56. The van der Waals surface area contributed by atoms with Crippen LogP contribution in [-0.4, -0.2) is 6.54 Å². The van der Waals surface area contributed by atoms with Crippen LogP contribution in [0.3, 0.4) is 0 Å². The summed E-state index contributed by atoms with van der Waals surface area (Å²) in [5, 5.41) is 8.98. The summed E-state index contributed by atoms with van der Waals surface area (Å²) in [4.78, 5) is 1.93. The van der Waals surface area contributed by atoms with Crippen molar-refractivity contribution in [3.63, 3.8) is 0 Å². The highest BCUT2D eigenvalue weighted by atomic mass is 19.4. The van der Waals surface area contributed by atoms with Gasteiger partial charge in [-0.3, -0.25) is 0 Å². The number of fused-ring (bicyclic) bond motifs is 1. The second kappa shape index (κ2) is 6.64. The maximum absolute atomic E-state index is 13.3. The molecule has 0 aromatic heterocycles. The summed E-state index contributed by atoms with van der Waals surface area (Å²) in [7, 11) is 0. The maximum Gasteiger partial charge on any atom is 0.417 e. The molecule has 1 aliphatic carbocycles. The Morgan fingerprint density at radius 1 is 1.24 bits per heavy atom. The van der Waals surface area contributed by atoms with Crippen LogP contribution < -0.4 is 4.90 Å². The number of hydrogen-bond donors (Lipinski definition) is 0. The lowest BCUT2D eigenvalue weighted by Gasteiger charge is -2.31. The molecule has 2 aromatic carbocycles. The Bertz CT molecular complexity index is 834. The van der Waals surface area contributed by atoms with Gasteiger partial charge in [0.05, 0.1) is 23.2 Å². The van der Waals surface area contributed by atoms with Crippen molar-refractivity contribution in [2.24, 2.45) is 0 Å². The average Bonchev–Trinajstić information content (AvgIpc) is 3.02. The number of aryl methyl sites for hydroxylation is 1. The largest absolute Gasteiger partial charge is 0.417 e. The molecule has 0 aliphatic heterocycles. The van der Waals surface area contributed by atoms with E-state index in [9.17, 15) is 13.2 Å². The van der Waals surface area contributed by atoms with E-state index in [-0.39, 0.29) is 11.6 Å². The summed E-state index contributed by atoms with van der Waals surface area (Å²) < 4.78 is 39.9. The van der Waals surface area contributed by atoms with Gasteiger partial charge in [0.1, 0.15) is 0 Å². The molecule has 0 saturated heterocycles. The molecule has 0 unspecified atom stereocenters. The molecule has 0 radical (unpaired) electrons. The molecule has 0 heterocycles. The fourth-order valence-corrected chi connectivity index (χ4v) is 3.45. The zero-order valence-electron chi connectivity index (χ0n) is 13.6. The van der Waals surface area contributed by atoms with Crippen molar-refractivity contribution < 1.29 is 13.2 Å². The molecular weight excluding hydrogens is 325 g/mol. The molecule has 0 amide bonds. The molecular formula is C20H17F3N2. The van der Waals surface area contributed by atoms with E-state index < -0.39 is 11.7 Å². The topological polar surface area (TPSA) is 27.0 Å². The smallest absolute Gasteiger partial charge is 0.361 e. The molecule has 3 rings (SSSR count). The molecule has 2 aromatic rings. The van der Waals surface area contributed by atoms with Crippen molar-refractivity contribution in [1.82, 2.24) is 0 Å². The Morgan fingerprint density at radius 3 is 2.68 bits per heavy atom. The van der Waals surface area contributed by atoms with Gasteiger partial charge in [-0.15, -0.1) is 6.58 Å². The van der Waals surface area contributed by atoms with Crippen LogP contribution in [0.15, 0.2) is 55.1 Å². The predicted molar refractivity (Wildman–Crippen MR) is 91.2 cm³/mol. The highest BCUT2D eigenvalue weighted by molar-refractivity contribution is 5.57. The molecule has 0 spiro atoms. The minimum Gasteiger partial charge on any atom is -0.361 e. The zero-order valence-corrected chi connectivity index (χ0v) is 13.6. The van der Waals surface area contributed by atoms with Crippen molar-refractivity contribution in [3.05, 3.63) is 77.4 Å². The number of alkyl halides is 3. The van der Waals surface area contributed by atoms with Gasteiger partial charge in [-0.05, 0) is 42.2 Å². The number of nitrogens with zero attached hydrogens (tertiary/aromatic N) is 2. The van der Waals surface area contributed by atoms with Crippen LogP contribution in [0.1, 0.15) is 34.7 Å². The first-order chi connectivity index (χ1) is 12.0. The van der Waals surface area contributed by atoms with Crippen LogP contribution in [0.5, 0.6) is 0 Å². The average molecular weight is 342 g/mol. The SMILES string of the molecule is C=CCN(c1ccc(C#N)c(C(F)(F)F)c1)[C@H]1CCc2ccccc21. The number of anilines is 1. The molecule has 0 fully saturated rings. The Balaban J connectivity index is 2.06. The minimum atomic E-state index is -4.56. The molecule has 1 atom stereocenters. The first-order valence-electron chi connectivity index (χ1n) is 8.02. The molecule has 1 aliphatic rings. The maximum atomic E-state index is 13.3. The summed E-state index contributed by atoms with van der Waals surface area (Å²) in [5.41, 5.74) is 1.57. The third-order valence-electron chi connectivity index (χ3n) is 4.56. The second-order valence-corrected chi connectivity index (χ2v) is 6.03. The van der Waals surface area contributed by atoms with E-state index in [4.69, 9.17) is 5.26 Å². The van der Waals surface area contributed by atoms with Gasteiger partial charge in [0, 0.05) is 12.2 Å². The van der Waals surface area contributed by atoms with E-state index in [0.717, 1.165) is 24.5 Å². The Labute approximate surface area is 144 Å². The molecule has 0 N–H and O–H groups in total. The molecule has 5 heteroatoms. The summed E-state index contributed by atoms with van der Waals surface area (Å²) in [6.45, 7) is 4.17. The lowest BCUT2D eigenvalue weighted by atomic mass is 10.0. The standard InChI is InChI=1S/C20H17F3N2/c1-2-11-25(19-10-8-14-5-3-4-6-17(14)19)16-9-7-15(13-24)18(12-16)20(21,22)23/h2-7,9,12,19H,1,8,10-11H2/t19-/m0/s1. The predicted octanol–water partition coefficient (Wildman–Crippen LogP) is 5.26. The number of rotatable bonds is 4. The van der Waals surface area contributed by atoms with Gasteiger partial charge in [-0.1, -0.05) is 30.3 Å². The number of hydrogen-bond acceptors (Lipinski definition) is 2.